The molecule has 3 rings (SSSR count). The van der Waals surface area contributed by atoms with Crippen LogP contribution in [0.1, 0.15) is 34.6 Å². The first-order valence-corrected chi connectivity index (χ1v) is 7.83. The molecule has 0 N–H and O–H groups in total. The summed E-state index contributed by atoms with van der Waals surface area (Å²) in [5.41, 5.74) is 3.14. The molecule has 0 spiro atoms. The van der Waals surface area contributed by atoms with Gasteiger partial charge in [-0.3, -0.25) is 9.59 Å². The van der Waals surface area contributed by atoms with Gasteiger partial charge in [0.05, 0.1) is 22.5 Å². The molecule has 0 radical (unpaired) electrons. The van der Waals surface area contributed by atoms with Crippen molar-refractivity contribution in [2.45, 2.75) is 13.8 Å². The van der Waals surface area contributed by atoms with Gasteiger partial charge < -0.3 is 4.57 Å². The Hall–Kier alpha value is -3.08. The molecule has 0 aliphatic rings. The maximum atomic E-state index is 13.6. The lowest BCUT2D eigenvalue weighted by Crippen LogP contribution is -2.03. The second-order valence-electron chi connectivity index (χ2n) is 5.85. The number of hydrogen-bond acceptors (Lipinski definition) is 3. The van der Waals surface area contributed by atoms with Crippen molar-refractivity contribution in [3.63, 3.8) is 0 Å². The Labute approximate surface area is 144 Å². The van der Waals surface area contributed by atoms with E-state index in [-0.39, 0.29) is 11.6 Å². The minimum Gasteiger partial charge on any atom is -0.342 e. The van der Waals surface area contributed by atoms with Gasteiger partial charge in [0.25, 0.3) is 0 Å². The molecule has 0 aliphatic carbocycles. The average Bonchev–Trinajstić information content (AvgIpc) is 2.89. The highest BCUT2D eigenvalue weighted by atomic mass is 19.1. The molecule has 1 aromatic carbocycles. The summed E-state index contributed by atoms with van der Waals surface area (Å²) < 4.78 is 15.4. The molecule has 0 bridgehead atoms. The van der Waals surface area contributed by atoms with Gasteiger partial charge in [-0.2, -0.15) is 4.39 Å². The lowest BCUT2D eigenvalue weighted by Gasteiger charge is -2.09. The summed E-state index contributed by atoms with van der Waals surface area (Å²) in [5.74, 6) is -1.09. The lowest BCUT2D eigenvalue weighted by molar-refractivity contribution is 0.0982. The fourth-order valence-corrected chi connectivity index (χ4v) is 3.19. The van der Waals surface area contributed by atoms with E-state index in [0.717, 1.165) is 5.56 Å². The minimum atomic E-state index is -0.640. The van der Waals surface area contributed by atoms with E-state index in [4.69, 9.17) is 0 Å². The van der Waals surface area contributed by atoms with E-state index in [1.165, 1.54) is 26.1 Å². The average molecular weight is 336 g/mol. The number of carbonyl (C=O) groups excluding carboxylic acids is 2. The van der Waals surface area contributed by atoms with Crippen LogP contribution in [-0.2, 0) is 7.05 Å². The number of pyridine rings is 1. The standard InChI is InChI=1S/C20H17FN2O2/c1-12(24)17-18(13(2)25)20(15-9-10-22-16(21)11-15)23(3)19(17)14-7-5-4-6-8-14/h4-11H,1-3H3. The smallest absolute Gasteiger partial charge is 0.213 e. The molecule has 5 heteroatoms. The van der Waals surface area contributed by atoms with Crippen molar-refractivity contribution >= 4 is 11.6 Å². The van der Waals surface area contributed by atoms with Gasteiger partial charge in [-0.1, -0.05) is 30.3 Å². The first kappa shape index (κ1) is 16.8. The predicted octanol–water partition coefficient (Wildman–Crippen LogP) is 4.30. The van der Waals surface area contributed by atoms with Crippen LogP contribution in [-0.4, -0.2) is 21.1 Å². The number of nitrogens with zero attached hydrogens (tertiary/aromatic N) is 2. The van der Waals surface area contributed by atoms with Gasteiger partial charge >= 0.3 is 0 Å². The van der Waals surface area contributed by atoms with Gasteiger partial charge in [-0.15, -0.1) is 0 Å². The number of halogens is 1. The predicted molar refractivity (Wildman–Crippen MR) is 94.0 cm³/mol. The Kier molecular flexibility index (Phi) is 4.31. The van der Waals surface area contributed by atoms with Crippen molar-refractivity contribution < 1.29 is 14.0 Å². The van der Waals surface area contributed by atoms with Gasteiger partial charge in [0, 0.05) is 24.9 Å². The molecule has 0 unspecified atom stereocenters. The van der Waals surface area contributed by atoms with Crippen molar-refractivity contribution in [2.24, 2.45) is 7.05 Å². The summed E-state index contributed by atoms with van der Waals surface area (Å²) in [6, 6.07) is 12.3. The summed E-state index contributed by atoms with van der Waals surface area (Å²) in [4.78, 5) is 28.3. The van der Waals surface area contributed by atoms with E-state index in [2.05, 4.69) is 4.98 Å². The first-order chi connectivity index (χ1) is 11.9. The Bertz CT molecular complexity index is 975. The topological polar surface area (TPSA) is 52.0 Å². The number of aromatic nitrogens is 2. The van der Waals surface area contributed by atoms with Gasteiger partial charge in [-0.05, 0) is 25.5 Å². The molecule has 3 aromatic rings. The summed E-state index contributed by atoms with van der Waals surface area (Å²) in [7, 11) is 1.77. The normalized spacial score (nSPS) is 10.7. The van der Waals surface area contributed by atoms with Crippen LogP contribution in [0.25, 0.3) is 22.5 Å². The van der Waals surface area contributed by atoms with Crippen LogP contribution in [0, 0.1) is 5.95 Å². The van der Waals surface area contributed by atoms with Crippen molar-refractivity contribution in [1.82, 2.24) is 9.55 Å². The van der Waals surface area contributed by atoms with Crippen LogP contribution < -0.4 is 0 Å². The highest BCUT2D eigenvalue weighted by molar-refractivity contribution is 6.15. The van der Waals surface area contributed by atoms with Crippen LogP contribution in [0.4, 0.5) is 4.39 Å². The van der Waals surface area contributed by atoms with E-state index in [1.54, 1.807) is 17.7 Å². The highest BCUT2D eigenvalue weighted by Crippen LogP contribution is 2.37. The van der Waals surface area contributed by atoms with Gasteiger partial charge in [0.1, 0.15) is 0 Å². The highest BCUT2D eigenvalue weighted by Gasteiger charge is 2.28. The number of Topliss-reactive ketones (excluding diaryl/α,β-unsaturated/α-hetero) is 2. The largest absolute Gasteiger partial charge is 0.342 e. The number of hydrogen-bond donors (Lipinski definition) is 0. The van der Waals surface area contributed by atoms with Crippen molar-refractivity contribution in [3.8, 4) is 22.5 Å². The van der Waals surface area contributed by atoms with Crippen LogP contribution in [0.3, 0.4) is 0 Å². The van der Waals surface area contributed by atoms with E-state index in [0.29, 0.717) is 28.1 Å². The monoisotopic (exact) mass is 336 g/mol. The lowest BCUT2D eigenvalue weighted by atomic mass is 9.97. The zero-order chi connectivity index (χ0) is 18.1. The Morgan fingerprint density at radius 3 is 2.00 bits per heavy atom. The third-order valence-corrected chi connectivity index (χ3v) is 4.15. The third-order valence-electron chi connectivity index (χ3n) is 4.15. The molecule has 4 nitrogen and oxygen atoms in total. The van der Waals surface area contributed by atoms with E-state index >= 15 is 0 Å². The Morgan fingerprint density at radius 2 is 1.48 bits per heavy atom. The molecular weight excluding hydrogens is 319 g/mol. The number of benzene rings is 1. The van der Waals surface area contributed by atoms with Gasteiger partial charge in [0.15, 0.2) is 11.6 Å². The molecule has 0 saturated heterocycles. The van der Waals surface area contributed by atoms with Crippen LogP contribution in [0.15, 0.2) is 48.7 Å². The fraction of sp³-hybridized carbons (Fsp3) is 0.150. The summed E-state index contributed by atoms with van der Waals surface area (Å²) in [5, 5.41) is 0. The molecule has 0 fully saturated rings. The Balaban J connectivity index is 2.44. The second kappa shape index (κ2) is 6.43. The molecule has 0 amide bonds. The molecule has 0 atom stereocenters. The third kappa shape index (κ3) is 2.89. The summed E-state index contributed by atoms with van der Waals surface area (Å²) >= 11 is 0. The van der Waals surface area contributed by atoms with Crippen molar-refractivity contribution in [1.29, 1.82) is 0 Å². The zero-order valence-electron chi connectivity index (χ0n) is 14.2. The SMILES string of the molecule is CC(=O)c1c(C(C)=O)c(-c2ccnc(F)c2)n(C)c1-c1ccccc1. The number of ketones is 2. The molecular formula is C20H17FN2O2. The second-order valence-corrected chi connectivity index (χ2v) is 5.85. The van der Waals surface area contributed by atoms with E-state index in [1.807, 2.05) is 30.3 Å². The van der Waals surface area contributed by atoms with E-state index in [9.17, 15) is 14.0 Å². The first-order valence-electron chi connectivity index (χ1n) is 7.83. The molecule has 0 aliphatic heterocycles. The molecule has 2 heterocycles. The van der Waals surface area contributed by atoms with Crippen molar-refractivity contribution in [2.75, 3.05) is 0 Å². The van der Waals surface area contributed by atoms with Crippen LogP contribution >= 0.6 is 0 Å². The molecule has 2 aromatic heterocycles. The van der Waals surface area contributed by atoms with Gasteiger partial charge in [-0.25, -0.2) is 4.98 Å². The van der Waals surface area contributed by atoms with Gasteiger partial charge in [0.2, 0.25) is 5.95 Å². The Morgan fingerprint density at radius 1 is 0.920 bits per heavy atom. The molecule has 126 valence electrons. The summed E-state index contributed by atoms with van der Waals surface area (Å²) in [6.07, 6.45) is 1.34. The molecule has 25 heavy (non-hydrogen) atoms. The van der Waals surface area contributed by atoms with Crippen molar-refractivity contribution in [3.05, 3.63) is 65.7 Å². The zero-order valence-corrected chi connectivity index (χ0v) is 14.2. The molecule has 0 saturated carbocycles. The summed E-state index contributed by atoms with van der Waals surface area (Å²) in [6.45, 7) is 2.85. The number of rotatable bonds is 4. The number of carbonyl (C=O) groups is 2. The van der Waals surface area contributed by atoms with Crippen LogP contribution in [0.5, 0.6) is 0 Å². The maximum Gasteiger partial charge on any atom is 0.213 e. The minimum absolute atomic E-state index is 0.208. The van der Waals surface area contributed by atoms with Crippen LogP contribution in [0.2, 0.25) is 0 Å². The maximum absolute atomic E-state index is 13.6. The fourth-order valence-electron chi connectivity index (χ4n) is 3.19. The van der Waals surface area contributed by atoms with E-state index < -0.39 is 5.95 Å². The quantitative estimate of drug-likeness (QED) is 0.527.